The van der Waals surface area contributed by atoms with E-state index in [0.717, 1.165) is 44.5 Å². The van der Waals surface area contributed by atoms with Crippen molar-refractivity contribution < 1.29 is 9.13 Å². The molecule has 0 aliphatic carbocycles. The Morgan fingerprint density at radius 2 is 2.16 bits per heavy atom. The highest BCUT2D eigenvalue weighted by Crippen LogP contribution is 2.15. The van der Waals surface area contributed by atoms with Gasteiger partial charge in [0.25, 0.3) is 0 Å². The molecule has 2 N–H and O–H groups in total. The van der Waals surface area contributed by atoms with Crippen LogP contribution in [-0.4, -0.2) is 29.7 Å². The third-order valence-electron chi connectivity index (χ3n) is 2.84. The molecule has 104 valence electrons. The Balaban J connectivity index is 1.72. The summed E-state index contributed by atoms with van der Waals surface area (Å²) < 4.78 is 18.5. The van der Waals surface area contributed by atoms with Crippen molar-refractivity contribution in [3.63, 3.8) is 0 Å². The lowest BCUT2D eigenvalue weighted by molar-refractivity contribution is 0.131. The molecule has 4 nitrogen and oxygen atoms in total. The SMILES string of the molecule is CCCCOCCCNc1nc2ccc(F)cc2[nH]1. The van der Waals surface area contributed by atoms with Crippen molar-refractivity contribution in [2.75, 3.05) is 25.1 Å². The van der Waals surface area contributed by atoms with Crippen LogP contribution in [0.4, 0.5) is 10.3 Å². The number of ether oxygens (including phenoxy) is 1. The van der Waals surface area contributed by atoms with Gasteiger partial charge < -0.3 is 15.0 Å². The van der Waals surface area contributed by atoms with E-state index in [1.165, 1.54) is 12.1 Å². The van der Waals surface area contributed by atoms with E-state index in [-0.39, 0.29) is 5.82 Å². The Bertz CT molecular complexity index is 512. The lowest BCUT2D eigenvalue weighted by atomic mass is 10.3. The highest BCUT2D eigenvalue weighted by molar-refractivity contribution is 5.77. The largest absolute Gasteiger partial charge is 0.381 e. The van der Waals surface area contributed by atoms with Crippen LogP contribution in [0.5, 0.6) is 0 Å². The number of nitrogens with zero attached hydrogens (tertiary/aromatic N) is 1. The first-order valence-corrected chi connectivity index (χ1v) is 6.76. The van der Waals surface area contributed by atoms with Gasteiger partial charge in [-0.3, -0.25) is 0 Å². The summed E-state index contributed by atoms with van der Waals surface area (Å²) in [5, 5.41) is 3.18. The lowest BCUT2D eigenvalue weighted by Crippen LogP contribution is -2.07. The maximum absolute atomic E-state index is 13.0. The second kappa shape index (κ2) is 7.09. The summed E-state index contributed by atoms with van der Waals surface area (Å²) in [7, 11) is 0. The van der Waals surface area contributed by atoms with Crippen LogP contribution in [0.2, 0.25) is 0 Å². The topological polar surface area (TPSA) is 49.9 Å². The minimum Gasteiger partial charge on any atom is -0.381 e. The van der Waals surface area contributed by atoms with Crippen molar-refractivity contribution >= 4 is 17.0 Å². The fraction of sp³-hybridized carbons (Fsp3) is 0.500. The quantitative estimate of drug-likeness (QED) is 0.720. The van der Waals surface area contributed by atoms with Gasteiger partial charge in [0.1, 0.15) is 5.82 Å². The van der Waals surface area contributed by atoms with E-state index < -0.39 is 0 Å². The van der Waals surface area contributed by atoms with Crippen LogP contribution in [0.25, 0.3) is 11.0 Å². The minimum absolute atomic E-state index is 0.257. The lowest BCUT2D eigenvalue weighted by Gasteiger charge is -2.04. The number of unbranched alkanes of at least 4 members (excludes halogenated alkanes) is 1. The van der Waals surface area contributed by atoms with Crippen LogP contribution >= 0.6 is 0 Å². The zero-order valence-corrected chi connectivity index (χ0v) is 11.2. The van der Waals surface area contributed by atoms with Gasteiger partial charge in [-0.05, 0) is 31.0 Å². The molecule has 2 aromatic rings. The van der Waals surface area contributed by atoms with Gasteiger partial charge in [-0.2, -0.15) is 0 Å². The Labute approximate surface area is 112 Å². The second-order valence-electron chi connectivity index (χ2n) is 4.49. The number of H-pyrrole nitrogens is 1. The van der Waals surface area contributed by atoms with Gasteiger partial charge in [0.2, 0.25) is 5.95 Å². The molecular weight excluding hydrogens is 245 g/mol. The van der Waals surface area contributed by atoms with E-state index >= 15 is 0 Å². The molecule has 19 heavy (non-hydrogen) atoms. The van der Waals surface area contributed by atoms with Crippen molar-refractivity contribution in [3.05, 3.63) is 24.0 Å². The smallest absolute Gasteiger partial charge is 0.201 e. The molecule has 0 saturated heterocycles. The Morgan fingerprint density at radius 1 is 1.32 bits per heavy atom. The first kappa shape index (κ1) is 13.8. The van der Waals surface area contributed by atoms with Gasteiger partial charge in [-0.15, -0.1) is 0 Å². The molecule has 1 heterocycles. The van der Waals surface area contributed by atoms with Crippen LogP contribution in [-0.2, 0) is 4.74 Å². The number of aromatic amines is 1. The van der Waals surface area contributed by atoms with Gasteiger partial charge >= 0.3 is 0 Å². The maximum atomic E-state index is 13.0. The molecule has 0 saturated carbocycles. The Hall–Kier alpha value is -1.62. The van der Waals surface area contributed by atoms with E-state index in [1.54, 1.807) is 6.07 Å². The monoisotopic (exact) mass is 265 g/mol. The fourth-order valence-electron chi connectivity index (χ4n) is 1.80. The minimum atomic E-state index is -0.257. The van der Waals surface area contributed by atoms with Gasteiger partial charge in [0, 0.05) is 19.8 Å². The number of nitrogens with one attached hydrogen (secondary N) is 2. The van der Waals surface area contributed by atoms with Gasteiger partial charge in [0.15, 0.2) is 0 Å². The molecule has 0 aliphatic rings. The van der Waals surface area contributed by atoms with E-state index in [0.29, 0.717) is 11.5 Å². The number of aromatic nitrogens is 2. The second-order valence-corrected chi connectivity index (χ2v) is 4.49. The number of benzene rings is 1. The highest BCUT2D eigenvalue weighted by Gasteiger charge is 2.02. The molecule has 5 heteroatoms. The van der Waals surface area contributed by atoms with Crippen LogP contribution in [0, 0.1) is 5.82 Å². The number of rotatable bonds is 8. The molecule has 0 radical (unpaired) electrons. The number of hydrogen-bond donors (Lipinski definition) is 2. The van der Waals surface area contributed by atoms with Crippen molar-refractivity contribution in [3.8, 4) is 0 Å². The summed E-state index contributed by atoms with van der Waals surface area (Å²) in [6, 6.07) is 4.52. The number of anilines is 1. The van der Waals surface area contributed by atoms with E-state index in [1.807, 2.05) is 0 Å². The van der Waals surface area contributed by atoms with Crippen molar-refractivity contribution in [2.45, 2.75) is 26.2 Å². The molecule has 0 spiro atoms. The zero-order valence-electron chi connectivity index (χ0n) is 11.2. The highest BCUT2D eigenvalue weighted by atomic mass is 19.1. The number of fused-ring (bicyclic) bond motifs is 1. The summed E-state index contributed by atoms with van der Waals surface area (Å²) >= 11 is 0. The summed E-state index contributed by atoms with van der Waals surface area (Å²) in [6.45, 7) is 4.52. The standard InChI is InChI=1S/C14H20FN3O/c1-2-3-8-19-9-4-7-16-14-17-12-6-5-11(15)10-13(12)18-14/h5-6,10H,2-4,7-9H2,1H3,(H2,16,17,18). The number of imidazole rings is 1. The van der Waals surface area contributed by atoms with Crippen molar-refractivity contribution in [1.82, 2.24) is 9.97 Å². The van der Waals surface area contributed by atoms with Gasteiger partial charge in [-0.25, -0.2) is 9.37 Å². The molecule has 0 amide bonds. The third kappa shape index (κ3) is 4.21. The van der Waals surface area contributed by atoms with Crippen LogP contribution in [0.3, 0.4) is 0 Å². The van der Waals surface area contributed by atoms with Crippen LogP contribution < -0.4 is 5.32 Å². The van der Waals surface area contributed by atoms with Crippen LogP contribution in [0.15, 0.2) is 18.2 Å². The predicted octanol–water partition coefficient (Wildman–Crippen LogP) is 3.32. The molecule has 1 aromatic carbocycles. The molecule has 0 aliphatic heterocycles. The van der Waals surface area contributed by atoms with E-state index in [4.69, 9.17) is 4.74 Å². The van der Waals surface area contributed by atoms with Crippen molar-refractivity contribution in [2.24, 2.45) is 0 Å². The summed E-state index contributed by atoms with van der Waals surface area (Å²) in [6.07, 6.45) is 3.20. The molecule has 0 unspecified atom stereocenters. The van der Waals surface area contributed by atoms with Gasteiger partial charge in [-0.1, -0.05) is 13.3 Å². The average molecular weight is 265 g/mol. The molecule has 0 bridgehead atoms. The maximum Gasteiger partial charge on any atom is 0.201 e. The normalized spacial score (nSPS) is 11.1. The Morgan fingerprint density at radius 3 is 3.00 bits per heavy atom. The number of hydrogen-bond acceptors (Lipinski definition) is 3. The molecule has 0 fully saturated rings. The molecule has 2 rings (SSSR count). The van der Waals surface area contributed by atoms with Gasteiger partial charge in [0.05, 0.1) is 11.0 Å². The first-order chi connectivity index (χ1) is 9.29. The fourth-order valence-corrected chi connectivity index (χ4v) is 1.80. The number of halogens is 1. The van der Waals surface area contributed by atoms with Crippen LogP contribution in [0.1, 0.15) is 26.2 Å². The summed E-state index contributed by atoms with van der Waals surface area (Å²) in [5.74, 6) is 0.418. The molecular formula is C14H20FN3O. The van der Waals surface area contributed by atoms with E-state index in [9.17, 15) is 4.39 Å². The average Bonchev–Trinajstić information content (AvgIpc) is 2.79. The Kier molecular flexibility index (Phi) is 5.15. The van der Waals surface area contributed by atoms with Crippen molar-refractivity contribution in [1.29, 1.82) is 0 Å². The summed E-state index contributed by atoms with van der Waals surface area (Å²) in [4.78, 5) is 7.37. The molecule has 0 atom stereocenters. The molecule has 1 aromatic heterocycles. The predicted molar refractivity (Wildman–Crippen MR) is 74.9 cm³/mol. The first-order valence-electron chi connectivity index (χ1n) is 6.76. The third-order valence-corrected chi connectivity index (χ3v) is 2.84. The van der Waals surface area contributed by atoms with E-state index in [2.05, 4.69) is 22.2 Å². The zero-order chi connectivity index (χ0) is 13.5. The summed E-state index contributed by atoms with van der Waals surface area (Å²) in [5.41, 5.74) is 1.48.